The number of rotatable bonds is 6. The summed E-state index contributed by atoms with van der Waals surface area (Å²) in [7, 11) is -8.36. The van der Waals surface area contributed by atoms with Crippen LogP contribution in [0.15, 0.2) is 21.9 Å². The van der Waals surface area contributed by atoms with Crippen molar-refractivity contribution < 1.29 is 36.3 Å². The Morgan fingerprint density at radius 2 is 2.12 bits per heavy atom. The summed E-state index contributed by atoms with van der Waals surface area (Å²) < 4.78 is 53.7. The Hall–Kier alpha value is -2.49. The van der Waals surface area contributed by atoms with Crippen molar-refractivity contribution in [1.82, 2.24) is 4.31 Å². The molecule has 1 aromatic rings. The molecule has 15 heteroatoms. The van der Waals surface area contributed by atoms with E-state index in [-0.39, 0.29) is 27.7 Å². The number of benzene rings is 1. The Kier molecular flexibility index (Phi) is 5.36. The molecule has 13 nitrogen and oxygen atoms in total. The van der Waals surface area contributed by atoms with Crippen LogP contribution in [0.25, 0.3) is 0 Å². The normalized spacial score (nSPS) is 16.2. The van der Waals surface area contributed by atoms with Crippen LogP contribution < -0.4 is 10.5 Å². The molecule has 2 rings (SSSR count). The molecular weight excluding hydrogens is 396 g/mol. The van der Waals surface area contributed by atoms with Gasteiger partial charge in [0.2, 0.25) is 20.0 Å². The molecule has 0 atom stereocenters. The van der Waals surface area contributed by atoms with E-state index in [1.165, 1.54) is 13.0 Å². The number of primary sulfonamides is 1. The van der Waals surface area contributed by atoms with Crippen molar-refractivity contribution in [3.05, 3.63) is 27.8 Å². The molecule has 0 bridgehead atoms. The van der Waals surface area contributed by atoms with Gasteiger partial charge in [0, 0.05) is 0 Å². The number of anilines is 1. The second-order valence-electron chi connectivity index (χ2n) is 5.09. The zero-order chi connectivity index (χ0) is 19.7. The summed E-state index contributed by atoms with van der Waals surface area (Å²) >= 11 is 0. The Bertz CT molecular complexity index is 958. The van der Waals surface area contributed by atoms with Crippen LogP contribution in [-0.2, 0) is 34.4 Å². The van der Waals surface area contributed by atoms with Crippen molar-refractivity contribution in [1.29, 1.82) is 0 Å². The van der Waals surface area contributed by atoms with E-state index in [1.54, 1.807) is 0 Å². The number of hydrogen-bond donors (Lipinski definition) is 2. The van der Waals surface area contributed by atoms with E-state index in [0.717, 1.165) is 6.07 Å². The summed E-state index contributed by atoms with van der Waals surface area (Å²) in [5, 5.41) is 16.6. The van der Waals surface area contributed by atoms with Crippen LogP contribution in [0.5, 0.6) is 0 Å². The molecule has 3 N–H and O–H groups in total. The predicted molar refractivity (Wildman–Crippen MR) is 84.0 cm³/mol. The highest BCUT2D eigenvalue weighted by Crippen LogP contribution is 2.32. The molecule has 0 spiro atoms. The number of nitrogens with two attached hydrogens (primary N) is 1. The van der Waals surface area contributed by atoms with Gasteiger partial charge in [-0.15, -0.1) is 14.4 Å². The van der Waals surface area contributed by atoms with E-state index in [2.05, 4.69) is 14.9 Å². The van der Waals surface area contributed by atoms with Crippen LogP contribution >= 0.6 is 0 Å². The van der Waals surface area contributed by atoms with Gasteiger partial charge in [-0.1, -0.05) is 0 Å². The highest BCUT2D eigenvalue weighted by atomic mass is 32.2. The smallest absolute Gasteiger partial charge is 0.333 e. The largest absolute Gasteiger partial charge is 0.447 e. The van der Waals surface area contributed by atoms with Gasteiger partial charge in [-0.2, -0.15) is 0 Å². The van der Waals surface area contributed by atoms with Crippen molar-refractivity contribution in [2.75, 3.05) is 25.3 Å². The lowest BCUT2D eigenvalue weighted by atomic mass is 10.2. The molecule has 1 aliphatic heterocycles. The van der Waals surface area contributed by atoms with Crippen LogP contribution in [0.3, 0.4) is 0 Å². The number of sulfonamides is 2. The molecule has 1 aromatic carbocycles. The Labute approximate surface area is 147 Å². The number of ether oxygens (including phenoxy) is 1. The minimum atomic E-state index is -4.21. The first-order valence-electron chi connectivity index (χ1n) is 6.77. The fraction of sp³-hybridized carbons (Fsp3) is 0.364. The van der Waals surface area contributed by atoms with Gasteiger partial charge in [-0.3, -0.25) is 0 Å². The number of carbonyl (C=O) groups excluding carboxylic acids is 1. The third kappa shape index (κ3) is 4.18. The molecule has 0 saturated carbocycles. The lowest BCUT2D eigenvalue weighted by Gasteiger charge is -2.29. The molecule has 26 heavy (non-hydrogen) atoms. The first-order chi connectivity index (χ1) is 11.9. The van der Waals surface area contributed by atoms with Crippen LogP contribution in [0.4, 0.5) is 5.69 Å². The van der Waals surface area contributed by atoms with Gasteiger partial charge in [0.05, 0.1) is 17.3 Å². The van der Waals surface area contributed by atoms with Crippen molar-refractivity contribution in [3.63, 3.8) is 0 Å². The van der Waals surface area contributed by atoms with Gasteiger partial charge in [-0.25, -0.2) is 26.8 Å². The Morgan fingerprint density at radius 1 is 1.46 bits per heavy atom. The topological polar surface area (TPSA) is 188 Å². The maximum atomic E-state index is 12.6. The van der Waals surface area contributed by atoms with E-state index in [1.807, 2.05) is 0 Å². The van der Waals surface area contributed by atoms with Gasteiger partial charge in [0.25, 0.3) is 5.09 Å². The van der Waals surface area contributed by atoms with E-state index in [0.29, 0.717) is 4.31 Å². The lowest BCUT2D eigenvalue weighted by Crippen LogP contribution is -2.42. The zero-order valence-corrected chi connectivity index (χ0v) is 14.9. The average Bonchev–Trinajstić information content (AvgIpc) is 2.50. The van der Waals surface area contributed by atoms with Crippen molar-refractivity contribution in [2.45, 2.75) is 16.7 Å². The maximum Gasteiger partial charge on any atom is 0.333 e. The summed E-state index contributed by atoms with van der Waals surface area (Å²) in [6.07, 6.45) is 0. The van der Waals surface area contributed by atoms with Crippen LogP contribution in [0, 0.1) is 17.0 Å². The second-order valence-corrected chi connectivity index (χ2v) is 8.53. The van der Waals surface area contributed by atoms with E-state index in [4.69, 9.17) is 5.14 Å². The fourth-order valence-electron chi connectivity index (χ4n) is 2.13. The molecule has 144 valence electrons. The van der Waals surface area contributed by atoms with Crippen LogP contribution in [-0.4, -0.2) is 52.2 Å². The molecule has 0 saturated heterocycles. The molecule has 0 aromatic heterocycles. The Morgan fingerprint density at radius 3 is 2.69 bits per heavy atom. The Balaban J connectivity index is 2.24. The van der Waals surface area contributed by atoms with Gasteiger partial charge >= 0.3 is 5.97 Å². The number of nitrogens with zero attached hydrogens (tertiary/aromatic N) is 2. The highest BCUT2D eigenvalue weighted by Gasteiger charge is 2.34. The van der Waals surface area contributed by atoms with Crippen molar-refractivity contribution in [3.8, 4) is 0 Å². The van der Waals surface area contributed by atoms with Gasteiger partial charge < -0.3 is 14.9 Å². The van der Waals surface area contributed by atoms with E-state index < -0.39 is 44.4 Å². The average molecular weight is 410 g/mol. The molecule has 0 unspecified atom stereocenters. The number of aryl methyl sites for hydroxylation is 1. The zero-order valence-electron chi connectivity index (χ0n) is 13.2. The SMILES string of the molecule is Cc1cc2c(cc1S(N)(=O)=O)S(=O)(=O)N(COC(=O)CO[N+](=O)[O-])CN2. The monoisotopic (exact) mass is 410 g/mol. The van der Waals surface area contributed by atoms with E-state index in [9.17, 15) is 31.7 Å². The minimum Gasteiger partial charge on any atom is -0.447 e. The van der Waals surface area contributed by atoms with Crippen molar-refractivity contribution >= 4 is 31.7 Å². The summed E-state index contributed by atoms with van der Waals surface area (Å²) in [5.41, 5.74) is 0.417. The van der Waals surface area contributed by atoms with Gasteiger partial charge in [0.15, 0.2) is 13.3 Å². The minimum absolute atomic E-state index is 0.161. The first-order valence-corrected chi connectivity index (χ1v) is 9.76. The number of fused-ring (bicyclic) bond motifs is 1. The third-order valence-corrected chi connectivity index (χ3v) is 6.17. The summed E-state index contributed by atoms with van der Waals surface area (Å²) in [6, 6.07) is 2.23. The van der Waals surface area contributed by atoms with Crippen LogP contribution in [0.1, 0.15) is 5.56 Å². The molecular formula is C11H14N4O9S2. The highest BCUT2D eigenvalue weighted by molar-refractivity contribution is 7.90. The van der Waals surface area contributed by atoms with Crippen LogP contribution in [0.2, 0.25) is 0 Å². The number of nitrogens with one attached hydrogen (secondary N) is 1. The quantitative estimate of drug-likeness (QED) is 0.325. The number of carbonyl (C=O) groups is 1. The number of hydrogen-bond acceptors (Lipinski definition) is 10. The standard InChI is InChI=1S/C11H14N4O9S2/c1-7-2-8-10(3-9(7)25(12,19)20)26(21,22)14(5-13-8)6-23-11(16)4-24-15(17)18/h2-3,13H,4-6H2,1H3,(H2,12,19,20). The summed E-state index contributed by atoms with van der Waals surface area (Å²) in [6.45, 7) is -0.572. The van der Waals surface area contributed by atoms with Crippen molar-refractivity contribution in [2.24, 2.45) is 5.14 Å². The molecule has 1 heterocycles. The van der Waals surface area contributed by atoms with Gasteiger partial charge in [0.1, 0.15) is 4.90 Å². The number of esters is 1. The molecule has 0 aliphatic carbocycles. The molecule has 0 amide bonds. The molecule has 1 aliphatic rings. The second kappa shape index (κ2) is 7.02. The summed E-state index contributed by atoms with van der Waals surface area (Å²) in [5.74, 6) is -1.16. The third-order valence-electron chi connectivity index (χ3n) is 3.30. The maximum absolute atomic E-state index is 12.6. The van der Waals surface area contributed by atoms with Gasteiger partial charge in [-0.05, 0) is 24.6 Å². The molecule has 0 radical (unpaired) electrons. The predicted octanol–water partition coefficient (Wildman–Crippen LogP) is -1.27. The summed E-state index contributed by atoms with van der Waals surface area (Å²) in [4.78, 5) is 24.4. The first kappa shape index (κ1) is 19.8. The van der Waals surface area contributed by atoms with E-state index >= 15 is 0 Å². The fourth-order valence-corrected chi connectivity index (χ4v) is 4.38. The lowest BCUT2D eigenvalue weighted by molar-refractivity contribution is -0.754. The molecule has 0 fully saturated rings.